The normalized spacial score (nSPS) is 21.3. The molecule has 0 amide bonds. The van der Waals surface area contributed by atoms with Crippen LogP contribution in [0.5, 0.6) is 0 Å². The number of nitrogens with one attached hydrogen (secondary N) is 2. The zero-order valence-electron chi connectivity index (χ0n) is 14.6. The molecule has 1 saturated heterocycles. The molecule has 2 rings (SSSR count). The molecule has 128 valence electrons. The monoisotopic (exact) mass is 318 g/mol. The molecule has 1 aliphatic heterocycles. The van der Waals surface area contributed by atoms with Crippen LogP contribution in [-0.2, 0) is 4.74 Å². The lowest BCUT2D eigenvalue weighted by molar-refractivity contribution is 0.0283. The van der Waals surface area contributed by atoms with Crippen molar-refractivity contribution in [3.05, 3.63) is 30.3 Å². The van der Waals surface area contributed by atoms with E-state index in [0.717, 1.165) is 45.0 Å². The largest absolute Gasteiger partial charge is 0.373 e. The molecule has 0 spiro atoms. The molecule has 1 aromatic carbocycles. The molecule has 1 atom stereocenters. The molecule has 1 heterocycles. The van der Waals surface area contributed by atoms with E-state index in [0.29, 0.717) is 6.54 Å². The second kappa shape index (κ2) is 8.77. The number of benzene rings is 1. The first-order valence-corrected chi connectivity index (χ1v) is 8.55. The average molecular weight is 318 g/mol. The van der Waals surface area contributed by atoms with E-state index >= 15 is 0 Å². The third-order valence-electron chi connectivity index (χ3n) is 4.15. The summed E-state index contributed by atoms with van der Waals surface area (Å²) in [5.41, 5.74) is 1.13. The van der Waals surface area contributed by atoms with Gasteiger partial charge in [-0.3, -0.25) is 4.99 Å². The summed E-state index contributed by atoms with van der Waals surface area (Å²) in [5.74, 6) is 0.866. The van der Waals surface area contributed by atoms with Crippen LogP contribution < -0.4 is 15.5 Å². The van der Waals surface area contributed by atoms with Crippen LogP contribution >= 0.6 is 0 Å². The van der Waals surface area contributed by atoms with Gasteiger partial charge >= 0.3 is 0 Å². The minimum Gasteiger partial charge on any atom is -0.373 e. The molecule has 0 bridgehead atoms. The molecule has 5 heteroatoms. The maximum Gasteiger partial charge on any atom is 0.191 e. The Kier molecular flexibility index (Phi) is 6.71. The highest BCUT2D eigenvalue weighted by Crippen LogP contribution is 2.24. The van der Waals surface area contributed by atoms with Gasteiger partial charge in [-0.15, -0.1) is 0 Å². The van der Waals surface area contributed by atoms with Crippen LogP contribution in [0.2, 0.25) is 0 Å². The first kappa shape index (κ1) is 17.6. The van der Waals surface area contributed by atoms with E-state index in [1.54, 1.807) is 0 Å². The van der Waals surface area contributed by atoms with Gasteiger partial charge in [-0.25, -0.2) is 0 Å². The Bertz CT molecular complexity index is 483. The van der Waals surface area contributed by atoms with Crippen molar-refractivity contribution in [2.75, 3.05) is 44.7 Å². The summed E-state index contributed by atoms with van der Waals surface area (Å²) in [4.78, 5) is 6.92. The van der Waals surface area contributed by atoms with E-state index in [9.17, 15) is 0 Å². The van der Waals surface area contributed by atoms with Gasteiger partial charge in [0.15, 0.2) is 5.96 Å². The van der Waals surface area contributed by atoms with Crippen LogP contribution in [0, 0.1) is 0 Å². The lowest BCUT2D eigenvalue weighted by Gasteiger charge is -2.22. The standard InChI is InChI=1S/C18H30N4O/c1-4-19-17(21-15-18(2)11-8-14-23-18)20-12-13-22(3)16-9-6-5-7-10-16/h5-7,9-10H,4,8,11-15H2,1-3H3,(H2,19,20,21). The highest BCUT2D eigenvalue weighted by molar-refractivity contribution is 5.79. The smallest absolute Gasteiger partial charge is 0.191 e. The highest BCUT2D eigenvalue weighted by atomic mass is 16.5. The molecule has 0 aromatic heterocycles. The number of likely N-dealkylation sites (N-methyl/N-ethyl adjacent to an activating group) is 1. The number of aliphatic imine (C=N–C) groups is 1. The van der Waals surface area contributed by atoms with E-state index in [1.807, 2.05) is 6.07 Å². The summed E-state index contributed by atoms with van der Waals surface area (Å²) in [6, 6.07) is 10.4. The molecule has 1 aliphatic rings. The van der Waals surface area contributed by atoms with Gasteiger partial charge in [0.1, 0.15) is 0 Å². The van der Waals surface area contributed by atoms with Crippen molar-refractivity contribution in [2.24, 2.45) is 4.99 Å². The quantitative estimate of drug-likeness (QED) is 0.598. The summed E-state index contributed by atoms with van der Waals surface area (Å²) in [6.07, 6.45) is 2.23. The third kappa shape index (κ3) is 5.75. The second-order valence-corrected chi connectivity index (χ2v) is 6.28. The van der Waals surface area contributed by atoms with E-state index < -0.39 is 0 Å². The number of para-hydroxylation sites is 1. The minimum absolute atomic E-state index is 0.0941. The molecule has 1 fully saturated rings. The molecular weight excluding hydrogens is 288 g/mol. The van der Waals surface area contributed by atoms with Crippen molar-refractivity contribution < 1.29 is 4.74 Å². The van der Waals surface area contributed by atoms with Crippen molar-refractivity contribution in [1.29, 1.82) is 0 Å². The van der Waals surface area contributed by atoms with Crippen molar-refractivity contribution in [2.45, 2.75) is 32.3 Å². The van der Waals surface area contributed by atoms with Crippen molar-refractivity contribution >= 4 is 11.6 Å². The topological polar surface area (TPSA) is 48.9 Å². The average Bonchev–Trinajstić information content (AvgIpc) is 3.00. The Morgan fingerprint density at radius 1 is 1.30 bits per heavy atom. The summed E-state index contributed by atoms with van der Waals surface area (Å²) < 4.78 is 5.80. The van der Waals surface area contributed by atoms with Gasteiger partial charge in [0.25, 0.3) is 0 Å². The van der Waals surface area contributed by atoms with E-state index in [1.165, 1.54) is 5.69 Å². The molecule has 0 saturated carbocycles. The first-order chi connectivity index (χ1) is 11.1. The maximum absolute atomic E-state index is 5.80. The van der Waals surface area contributed by atoms with Gasteiger partial charge < -0.3 is 20.3 Å². The predicted molar refractivity (Wildman–Crippen MR) is 97.3 cm³/mol. The molecule has 0 aliphatic carbocycles. The number of ether oxygens (including phenoxy) is 1. The number of nitrogens with zero attached hydrogens (tertiary/aromatic N) is 2. The van der Waals surface area contributed by atoms with Gasteiger partial charge in [0.2, 0.25) is 0 Å². The number of rotatable bonds is 7. The highest BCUT2D eigenvalue weighted by Gasteiger charge is 2.29. The summed E-state index contributed by atoms with van der Waals surface area (Å²) in [6.45, 7) is 8.42. The van der Waals surface area contributed by atoms with Gasteiger partial charge in [-0.1, -0.05) is 18.2 Å². The third-order valence-corrected chi connectivity index (χ3v) is 4.15. The Hall–Kier alpha value is -1.75. The van der Waals surface area contributed by atoms with Crippen LogP contribution in [0.4, 0.5) is 5.69 Å². The van der Waals surface area contributed by atoms with Crippen molar-refractivity contribution in [3.8, 4) is 0 Å². The van der Waals surface area contributed by atoms with Crippen LogP contribution in [-0.4, -0.2) is 51.4 Å². The SMILES string of the molecule is CCNC(=NCC1(C)CCCO1)NCCN(C)c1ccccc1. The molecule has 5 nitrogen and oxygen atoms in total. The number of guanidine groups is 1. The molecular formula is C18H30N4O. The second-order valence-electron chi connectivity index (χ2n) is 6.28. The zero-order chi connectivity index (χ0) is 16.5. The Labute approximate surface area is 140 Å². The van der Waals surface area contributed by atoms with E-state index in [2.05, 4.69) is 65.7 Å². The van der Waals surface area contributed by atoms with Gasteiger partial charge in [0, 0.05) is 39.0 Å². The molecule has 1 aromatic rings. The van der Waals surface area contributed by atoms with Crippen LogP contribution in [0.25, 0.3) is 0 Å². The lowest BCUT2D eigenvalue weighted by atomic mass is 10.0. The first-order valence-electron chi connectivity index (χ1n) is 8.55. The molecule has 0 radical (unpaired) electrons. The van der Waals surface area contributed by atoms with Gasteiger partial charge in [-0.2, -0.15) is 0 Å². The fourth-order valence-electron chi connectivity index (χ4n) is 2.70. The predicted octanol–water partition coefficient (Wildman–Crippen LogP) is 2.25. The summed E-state index contributed by atoms with van der Waals surface area (Å²) in [7, 11) is 2.11. The van der Waals surface area contributed by atoms with Gasteiger partial charge in [-0.05, 0) is 38.8 Å². The van der Waals surface area contributed by atoms with Crippen molar-refractivity contribution in [1.82, 2.24) is 10.6 Å². The minimum atomic E-state index is -0.0941. The summed E-state index contributed by atoms with van der Waals surface area (Å²) >= 11 is 0. The van der Waals surface area contributed by atoms with E-state index in [-0.39, 0.29) is 5.60 Å². The van der Waals surface area contributed by atoms with E-state index in [4.69, 9.17) is 4.74 Å². The zero-order valence-corrected chi connectivity index (χ0v) is 14.6. The van der Waals surface area contributed by atoms with Crippen LogP contribution in [0.3, 0.4) is 0 Å². The number of hydrogen-bond donors (Lipinski definition) is 2. The summed E-state index contributed by atoms with van der Waals surface area (Å²) in [5, 5.41) is 6.71. The molecule has 1 unspecified atom stereocenters. The van der Waals surface area contributed by atoms with Crippen molar-refractivity contribution in [3.63, 3.8) is 0 Å². The molecule has 23 heavy (non-hydrogen) atoms. The van der Waals surface area contributed by atoms with Crippen LogP contribution in [0.15, 0.2) is 35.3 Å². The maximum atomic E-state index is 5.80. The Morgan fingerprint density at radius 2 is 2.09 bits per heavy atom. The van der Waals surface area contributed by atoms with Gasteiger partial charge in [0.05, 0.1) is 12.1 Å². The number of anilines is 1. The fourth-order valence-corrected chi connectivity index (χ4v) is 2.70. The fraction of sp³-hybridized carbons (Fsp3) is 0.611. The lowest BCUT2D eigenvalue weighted by Crippen LogP contribution is -2.42. The van der Waals surface area contributed by atoms with Crippen LogP contribution in [0.1, 0.15) is 26.7 Å². The number of hydrogen-bond acceptors (Lipinski definition) is 3. The Balaban J connectivity index is 1.80. The molecule has 2 N–H and O–H groups in total. The Morgan fingerprint density at radius 3 is 2.74 bits per heavy atom.